The molecule has 1 aromatic carbocycles. The number of ether oxygens (including phenoxy) is 1. The average molecular weight is 327 g/mol. The number of amides is 1. The maximum Gasteiger partial charge on any atom is 0.251 e. The van der Waals surface area contributed by atoms with Crippen LogP contribution in [0, 0.1) is 0 Å². The van der Waals surface area contributed by atoms with E-state index < -0.39 is 0 Å². The van der Waals surface area contributed by atoms with Crippen molar-refractivity contribution >= 4 is 29.1 Å². The van der Waals surface area contributed by atoms with Gasteiger partial charge in [-0.1, -0.05) is 23.2 Å². The summed E-state index contributed by atoms with van der Waals surface area (Å²) in [5.74, 6) is 0.0327. The van der Waals surface area contributed by atoms with Crippen LogP contribution in [-0.4, -0.2) is 23.1 Å². The van der Waals surface area contributed by atoms with Gasteiger partial charge < -0.3 is 15.2 Å². The Hall–Kier alpha value is -1.98. The third kappa shape index (κ3) is 3.77. The van der Waals surface area contributed by atoms with Crippen molar-refractivity contribution in [2.24, 2.45) is 0 Å². The second-order valence-electron chi connectivity index (χ2n) is 4.16. The Morgan fingerprint density at radius 3 is 2.52 bits per heavy atom. The molecular formula is C14H12Cl2N2O3. The highest BCUT2D eigenvalue weighted by Crippen LogP contribution is 2.32. The number of carbonyl (C=O) groups is 1. The summed E-state index contributed by atoms with van der Waals surface area (Å²) in [5, 5.41) is 12.2. The molecule has 2 N–H and O–H groups in total. The van der Waals surface area contributed by atoms with E-state index in [-0.39, 0.29) is 33.8 Å². The molecule has 0 radical (unpaired) electrons. The zero-order valence-electron chi connectivity index (χ0n) is 11.1. The highest BCUT2D eigenvalue weighted by molar-refractivity contribution is 6.37. The van der Waals surface area contributed by atoms with Crippen LogP contribution in [0.3, 0.4) is 0 Å². The lowest BCUT2D eigenvalue weighted by Gasteiger charge is -2.07. The van der Waals surface area contributed by atoms with Gasteiger partial charge in [-0.25, -0.2) is 0 Å². The molecule has 2 rings (SSSR count). The summed E-state index contributed by atoms with van der Waals surface area (Å²) in [4.78, 5) is 16.1. The Balaban J connectivity index is 2.04. The number of nitrogens with zero attached hydrogens (tertiary/aromatic N) is 1. The fourth-order valence-corrected chi connectivity index (χ4v) is 2.09. The largest absolute Gasteiger partial charge is 0.505 e. The van der Waals surface area contributed by atoms with E-state index in [1.807, 2.05) is 0 Å². The number of benzene rings is 1. The Labute approximate surface area is 131 Å². The highest BCUT2D eigenvalue weighted by Gasteiger charge is 2.12. The molecule has 0 spiro atoms. The van der Waals surface area contributed by atoms with Gasteiger partial charge in [0.1, 0.15) is 5.75 Å². The van der Waals surface area contributed by atoms with E-state index in [1.165, 1.54) is 12.1 Å². The number of pyridine rings is 1. The number of halogens is 2. The summed E-state index contributed by atoms with van der Waals surface area (Å²) >= 11 is 11.5. The maximum absolute atomic E-state index is 12.0. The second-order valence-corrected chi connectivity index (χ2v) is 4.97. The van der Waals surface area contributed by atoms with Gasteiger partial charge in [0.25, 0.3) is 5.91 Å². The predicted octanol–water partition coefficient (Wildman–Crippen LogP) is 3.03. The number of aromatic nitrogens is 1. The molecule has 0 fully saturated rings. The van der Waals surface area contributed by atoms with Crippen LogP contribution in [-0.2, 0) is 6.54 Å². The first-order valence-corrected chi connectivity index (χ1v) is 6.72. The molecule has 110 valence electrons. The zero-order chi connectivity index (χ0) is 15.4. The third-order valence-electron chi connectivity index (χ3n) is 2.74. The van der Waals surface area contributed by atoms with Gasteiger partial charge in [-0.05, 0) is 24.3 Å². The summed E-state index contributed by atoms with van der Waals surface area (Å²) < 4.78 is 5.00. The minimum atomic E-state index is -0.364. The molecule has 0 aliphatic heterocycles. The van der Waals surface area contributed by atoms with E-state index in [2.05, 4.69) is 10.3 Å². The lowest BCUT2D eigenvalue weighted by molar-refractivity contribution is 0.0950. The molecule has 1 aromatic heterocycles. The van der Waals surface area contributed by atoms with Crippen molar-refractivity contribution in [2.75, 3.05) is 7.11 Å². The molecule has 0 saturated heterocycles. The highest BCUT2D eigenvalue weighted by atomic mass is 35.5. The predicted molar refractivity (Wildman–Crippen MR) is 80.1 cm³/mol. The molecule has 0 aliphatic carbocycles. The van der Waals surface area contributed by atoms with Gasteiger partial charge in [-0.15, -0.1) is 0 Å². The molecule has 2 aromatic rings. The topological polar surface area (TPSA) is 71.5 Å². The third-order valence-corrected chi connectivity index (χ3v) is 3.32. The first-order chi connectivity index (χ1) is 10.0. The Kier molecular flexibility index (Phi) is 4.88. The SMILES string of the molecule is COc1ccc(CNC(=O)c2cc(Cl)c(O)c(Cl)c2)nc1. The van der Waals surface area contributed by atoms with E-state index in [0.717, 1.165) is 0 Å². The van der Waals surface area contributed by atoms with Gasteiger partial charge in [-0.2, -0.15) is 0 Å². The van der Waals surface area contributed by atoms with Crippen molar-refractivity contribution in [3.05, 3.63) is 51.8 Å². The van der Waals surface area contributed by atoms with E-state index >= 15 is 0 Å². The first-order valence-electron chi connectivity index (χ1n) is 5.96. The number of rotatable bonds is 4. The van der Waals surface area contributed by atoms with Crippen LogP contribution in [0.5, 0.6) is 11.5 Å². The van der Waals surface area contributed by atoms with Crippen molar-refractivity contribution in [1.29, 1.82) is 0 Å². The Morgan fingerprint density at radius 1 is 1.33 bits per heavy atom. The van der Waals surface area contributed by atoms with E-state index in [9.17, 15) is 9.90 Å². The summed E-state index contributed by atoms with van der Waals surface area (Å²) in [7, 11) is 1.55. The van der Waals surface area contributed by atoms with Crippen molar-refractivity contribution in [3.8, 4) is 11.5 Å². The first kappa shape index (κ1) is 15.4. The Bertz CT molecular complexity index is 637. The van der Waals surface area contributed by atoms with Crippen molar-refractivity contribution < 1.29 is 14.6 Å². The fraction of sp³-hybridized carbons (Fsp3) is 0.143. The molecule has 0 atom stereocenters. The van der Waals surface area contributed by atoms with Gasteiger partial charge in [0.15, 0.2) is 5.75 Å². The van der Waals surface area contributed by atoms with Crippen LogP contribution < -0.4 is 10.1 Å². The number of phenolic OH excluding ortho intramolecular Hbond substituents is 1. The number of carbonyl (C=O) groups excluding carboxylic acids is 1. The van der Waals surface area contributed by atoms with Gasteiger partial charge in [0.2, 0.25) is 0 Å². The van der Waals surface area contributed by atoms with Gasteiger partial charge in [-0.3, -0.25) is 9.78 Å². The summed E-state index contributed by atoms with van der Waals surface area (Å²) in [5.41, 5.74) is 0.941. The van der Waals surface area contributed by atoms with Crippen molar-refractivity contribution in [1.82, 2.24) is 10.3 Å². The number of aromatic hydroxyl groups is 1. The average Bonchev–Trinajstić information content (AvgIpc) is 2.50. The van der Waals surface area contributed by atoms with E-state index in [4.69, 9.17) is 27.9 Å². The fourth-order valence-electron chi connectivity index (χ4n) is 1.61. The number of hydrogen-bond acceptors (Lipinski definition) is 4. The van der Waals surface area contributed by atoms with Crippen LogP contribution in [0.25, 0.3) is 0 Å². The van der Waals surface area contributed by atoms with Crippen molar-refractivity contribution in [2.45, 2.75) is 6.54 Å². The zero-order valence-corrected chi connectivity index (χ0v) is 12.6. The van der Waals surface area contributed by atoms with Crippen LogP contribution in [0.1, 0.15) is 16.1 Å². The molecule has 0 unspecified atom stereocenters. The molecule has 1 amide bonds. The lowest BCUT2D eigenvalue weighted by Crippen LogP contribution is -2.23. The molecule has 5 nitrogen and oxygen atoms in total. The molecular weight excluding hydrogens is 315 g/mol. The Morgan fingerprint density at radius 2 is 2.00 bits per heavy atom. The molecule has 0 bridgehead atoms. The number of phenols is 1. The van der Waals surface area contributed by atoms with Crippen molar-refractivity contribution in [3.63, 3.8) is 0 Å². The normalized spacial score (nSPS) is 10.2. The van der Waals surface area contributed by atoms with Gasteiger partial charge in [0.05, 0.1) is 35.6 Å². The minimum absolute atomic E-state index is 0.0234. The van der Waals surface area contributed by atoms with Crippen LogP contribution >= 0.6 is 23.2 Å². The molecule has 7 heteroatoms. The second kappa shape index (κ2) is 6.65. The van der Waals surface area contributed by atoms with E-state index in [1.54, 1.807) is 25.4 Å². The van der Waals surface area contributed by atoms with E-state index in [0.29, 0.717) is 11.4 Å². The quantitative estimate of drug-likeness (QED) is 0.905. The minimum Gasteiger partial charge on any atom is -0.505 e. The van der Waals surface area contributed by atoms with Crippen LogP contribution in [0.15, 0.2) is 30.5 Å². The lowest BCUT2D eigenvalue weighted by atomic mass is 10.2. The van der Waals surface area contributed by atoms with Gasteiger partial charge in [0, 0.05) is 5.56 Å². The molecule has 0 aliphatic rings. The summed E-state index contributed by atoms with van der Waals surface area (Å²) in [6.45, 7) is 0.249. The number of nitrogens with one attached hydrogen (secondary N) is 1. The van der Waals surface area contributed by atoms with Crippen LogP contribution in [0.4, 0.5) is 0 Å². The van der Waals surface area contributed by atoms with Crippen LogP contribution in [0.2, 0.25) is 10.0 Å². The summed E-state index contributed by atoms with van der Waals surface area (Å²) in [6, 6.07) is 6.19. The summed E-state index contributed by atoms with van der Waals surface area (Å²) in [6.07, 6.45) is 1.57. The van der Waals surface area contributed by atoms with Gasteiger partial charge >= 0.3 is 0 Å². The number of hydrogen-bond donors (Lipinski definition) is 2. The monoisotopic (exact) mass is 326 g/mol. The smallest absolute Gasteiger partial charge is 0.251 e. The standard InChI is InChI=1S/C14H12Cl2N2O3/c1-21-10-3-2-9(17-7-10)6-18-14(20)8-4-11(15)13(19)12(16)5-8/h2-5,7,19H,6H2,1H3,(H,18,20). The maximum atomic E-state index is 12.0. The number of methoxy groups -OCH3 is 1. The molecule has 21 heavy (non-hydrogen) atoms. The molecule has 1 heterocycles. The molecule has 0 saturated carbocycles.